The lowest BCUT2D eigenvalue weighted by Crippen LogP contribution is -2.14. The van der Waals surface area contributed by atoms with E-state index < -0.39 is 0 Å². The second-order valence-corrected chi connectivity index (χ2v) is 14.7. The van der Waals surface area contributed by atoms with Crippen molar-refractivity contribution in [2.75, 3.05) is 4.90 Å². The van der Waals surface area contributed by atoms with E-state index in [1.54, 1.807) is 0 Å². The number of allylic oxidation sites excluding steroid dienone is 4. The molecule has 2 nitrogen and oxygen atoms in total. The van der Waals surface area contributed by atoms with Gasteiger partial charge in [-0.25, -0.2) is 0 Å². The van der Waals surface area contributed by atoms with Gasteiger partial charge in [0.15, 0.2) is 0 Å². The van der Waals surface area contributed by atoms with Crippen LogP contribution < -0.4 is 4.90 Å². The van der Waals surface area contributed by atoms with Crippen LogP contribution in [0.25, 0.3) is 69.9 Å². The summed E-state index contributed by atoms with van der Waals surface area (Å²) in [5.74, 6) is 0.324. The van der Waals surface area contributed by atoms with E-state index in [9.17, 15) is 0 Å². The molecule has 1 unspecified atom stereocenters. The average molecular weight is 669 g/mol. The Balaban J connectivity index is 1.07. The maximum Gasteiger partial charge on any atom is 0.0551 e. The summed E-state index contributed by atoms with van der Waals surface area (Å²) in [6.07, 6.45) is 7.89. The number of nitrogens with zero attached hydrogens (tertiary/aromatic N) is 2. The van der Waals surface area contributed by atoms with Crippen molar-refractivity contribution in [2.45, 2.75) is 12.3 Å². The molecule has 1 aliphatic carbocycles. The lowest BCUT2D eigenvalue weighted by atomic mass is 9.90. The molecule has 9 aromatic rings. The molecule has 2 aliphatic rings. The fourth-order valence-corrected chi connectivity index (χ4v) is 9.77. The van der Waals surface area contributed by atoms with Gasteiger partial charge in [0.2, 0.25) is 0 Å². The Morgan fingerprint density at radius 2 is 1.24 bits per heavy atom. The first-order valence-corrected chi connectivity index (χ1v) is 18.5. The van der Waals surface area contributed by atoms with Crippen molar-refractivity contribution in [1.82, 2.24) is 4.57 Å². The molecule has 51 heavy (non-hydrogen) atoms. The van der Waals surface area contributed by atoms with Gasteiger partial charge in [0.25, 0.3) is 0 Å². The van der Waals surface area contributed by atoms with E-state index in [1.807, 2.05) is 11.3 Å². The van der Waals surface area contributed by atoms with E-state index in [-0.39, 0.29) is 0 Å². The molecule has 0 saturated heterocycles. The van der Waals surface area contributed by atoms with Gasteiger partial charge in [-0.3, -0.25) is 0 Å². The van der Waals surface area contributed by atoms with Gasteiger partial charge in [-0.1, -0.05) is 115 Å². The van der Waals surface area contributed by atoms with E-state index in [0.717, 1.165) is 6.42 Å². The van der Waals surface area contributed by atoms with Crippen LogP contribution in [-0.4, -0.2) is 4.57 Å². The first-order chi connectivity index (χ1) is 25.3. The Labute approximate surface area is 300 Å². The molecule has 3 heteroatoms. The molecule has 0 radical (unpaired) electrons. The maximum absolute atomic E-state index is 2.54. The van der Waals surface area contributed by atoms with Crippen molar-refractivity contribution in [3.05, 3.63) is 187 Å². The molecule has 0 amide bonds. The SMILES string of the molecule is C1=CCC2C(=C1)N(c1cccc3sc4ccccc4c13)c1ccc(-c3ccc4c(c3)c3ccccc3n4-c3ccccc3-c3ccccc3)cc12. The summed E-state index contributed by atoms with van der Waals surface area (Å²) in [4.78, 5) is 2.54. The van der Waals surface area contributed by atoms with Crippen molar-refractivity contribution < 1.29 is 0 Å². The molecule has 1 aliphatic heterocycles. The van der Waals surface area contributed by atoms with E-state index in [4.69, 9.17) is 0 Å². The number of thiophene rings is 1. The topological polar surface area (TPSA) is 8.17 Å². The second kappa shape index (κ2) is 11.2. The van der Waals surface area contributed by atoms with E-state index in [1.165, 1.54) is 92.6 Å². The zero-order valence-corrected chi connectivity index (χ0v) is 28.6. The normalized spacial score (nSPS) is 15.2. The first-order valence-electron chi connectivity index (χ1n) is 17.7. The summed E-state index contributed by atoms with van der Waals surface area (Å²) in [5.41, 5.74) is 13.9. The standard InChI is InChI=1S/C48H32N2S/c1-2-13-31(14-3-1)34-15-4-8-19-40(34)49-41-20-9-5-16-35(41)38-29-32(25-27-43(38)49)33-26-28-44-39(30-33)36-17-6-10-21-42(36)50(44)45-22-12-24-47-48(45)37-18-7-11-23-46(37)51-47/h1-16,18-30,36H,17H2. The third kappa shape index (κ3) is 4.28. The fraction of sp³-hybridized carbons (Fsp3) is 0.0417. The van der Waals surface area contributed by atoms with Gasteiger partial charge in [-0.05, 0) is 89.3 Å². The average Bonchev–Trinajstić information content (AvgIpc) is 3.85. The van der Waals surface area contributed by atoms with Gasteiger partial charge < -0.3 is 9.47 Å². The van der Waals surface area contributed by atoms with Gasteiger partial charge in [0.1, 0.15) is 0 Å². The summed E-state index contributed by atoms with van der Waals surface area (Å²) in [6, 6.07) is 58.1. The van der Waals surface area contributed by atoms with Crippen LogP contribution in [0.1, 0.15) is 17.9 Å². The third-order valence-electron chi connectivity index (χ3n) is 10.9. The second-order valence-electron chi connectivity index (χ2n) is 13.6. The number of para-hydroxylation sites is 2. The Morgan fingerprint density at radius 1 is 0.510 bits per heavy atom. The lowest BCUT2D eigenvalue weighted by Gasteiger charge is -2.25. The molecule has 1 atom stereocenters. The summed E-state index contributed by atoms with van der Waals surface area (Å²) >= 11 is 1.88. The van der Waals surface area contributed by atoms with Crippen LogP contribution >= 0.6 is 11.3 Å². The Bertz CT molecular complexity index is 2900. The Hall–Kier alpha value is -6.16. The third-order valence-corrected chi connectivity index (χ3v) is 12.0. The van der Waals surface area contributed by atoms with Gasteiger partial charge in [-0.2, -0.15) is 0 Å². The van der Waals surface area contributed by atoms with Crippen LogP contribution in [0.4, 0.5) is 11.4 Å². The molecule has 0 saturated carbocycles. The van der Waals surface area contributed by atoms with Crippen molar-refractivity contribution in [1.29, 1.82) is 0 Å². The van der Waals surface area contributed by atoms with Crippen LogP contribution in [0.2, 0.25) is 0 Å². The number of anilines is 2. The summed E-state index contributed by atoms with van der Waals surface area (Å²) in [6.45, 7) is 0. The molecule has 11 rings (SSSR count). The van der Waals surface area contributed by atoms with Crippen LogP contribution in [0.15, 0.2) is 182 Å². The number of fused-ring (bicyclic) bond motifs is 9. The fourth-order valence-electron chi connectivity index (χ4n) is 8.64. The highest BCUT2D eigenvalue weighted by atomic mass is 32.1. The van der Waals surface area contributed by atoms with Crippen LogP contribution in [-0.2, 0) is 0 Å². The van der Waals surface area contributed by atoms with Crippen molar-refractivity contribution >= 4 is 64.7 Å². The predicted octanol–water partition coefficient (Wildman–Crippen LogP) is 13.6. The van der Waals surface area contributed by atoms with E-state index in [0.29, 0.717) is 5.92 Å². The Morgan fingerprint density at radius 3 is 2.18 bits per heavy atom. The van der Waals surface area contributed by atoms with Gasteiger partial charge in [0, 0.05) is 53.8 Å². The number of hydrogen-bond acceptors (Lipinski definition) is 2. The molecular weight excluding hydrogens is 637 g/mol. The molecule has 240 valence electrons. The minimum Gasteiger partial charge on any atom is -0.313 e. The molecule has 0 spiro atoms. The van der Waals surface area contributed by atoms with Crippen LogP contribution in [0.3, 0.4) is 0 Å². The molecular formula is C48H32N2S. The summed E-state index contributed by atoms with van der Waals surface area (Å²) < 4.78 is 5.11. The van der Waals surface area contributed by atoms with E-state index >= 15 is 0 Å². The number of hydrogen-bond donors (Lipinski definition) is 0. The molecule has 3 heterocycles. The molecule has 0 N–H and O–H groups in total. The van der Waals surface area contributed by atoms with Crippen LogP contribution in [0.5, 0.6) is 0 Å². The van der Waals surface area contributed by atoms with Gasteiger partial charge in [-0.15, -0.1) is 11.3 Å². The van der Waals surface area contributed by atoms with Crippen molar-refractivity contribution in [3.8, 4) is 27.9 Å². The van der Waals surface area contributed by atoms with E-state index in [2.05, 4.69) is 185 Å². The maximum atomic E-state index is 2.54. The summed E-state index contributed by atoms with van der Waals surface area (Å²) in [5, 5.41) is 5.22. The predicted molar refractivity (Wildman–Crippen MR) is 218 cm³/mol. The number of rotatable bonds is 4. The minimum absolute atomic E-state index is 0.324. The van der Waals surface area contributed by atoms with Crippen molar-refractivity contribution in [3.63, 3.8) is 0 Å². The van der Waals surface area contributed by atoms with Crippen LogP contribution in [0, 0.1) is 0 Å². The smallest absolute Gasteiger partial charge is 0.0551 e. The molecule has 7 aromatic carbocycles. The number of aromatic nitrogens is 1. The first kappa shape index (κ1) is 28.7. The molecule has 0 bridgehead atoms. The molecule has 0 fully saturated rings. The zero-order valence-electron chi connectivity index (χ0n) is 27.8. The molecule has 2 aromatic heterocycles. The lowest BCUT2D eigenvalue weighted by molar-refractivity contribution is 0.820. The largest absolute Gasteiger partial charge is 0.313 e. The Kier molecular flexibility index (Phi) is 6.28. The zero-order chi connectivity index (χ0) is 33.5. The number of benzene rings is 7. The van der Waals surface area contributed by atoms with Gasteiger partial charge >= 0.3 is 0 Å². The minimum atomic E-state index is 0.324. The van der Waals surface area contributed by atoms with Crippen molar-refractivity contribution in [2.24, 2.45) is 0 Å². The highest BCUT2D eigenvalue weighted by molar-refractivity contribution is 7.26. The highest BCUT2D eigenvalue weighted by Crippen LogP contribution is 2.54. The highest BCUT2D eigenvalue weighted by Gasteiger charge is 2.36. The monoisotopic (exact) mass is 668 g/mol. The van der Waals surface area contributed by atoms with Gasteiger partial charge in [0.05, 0.1) is 22.4 Å². The summed E-state index contributed by atoms with van der Waals surface area (Å²) in [7, 11) is 0. The quantitative estimate of drug-likeness (QED) is 0.181.